The smallest absolute Gasteiger partial charge is 0.243 e. The van der Waals surface area contributed by atoms with Gasteiger partial charge in [0.15, 0.2) is 0 Å². The number of halogens is 1. The molecule has 108 valence electrons. The van der Waals surface area contributed by atoms with Crippen molar-refractivity contribution in [2.45, 2.75) is 17.7 Å². The molecule has 0 atom stereocenters. The van der Waals surface area contributed by atoms with E-state index in [9.17, 15) is 12.8 Å². The molecule has 5 nitrogen and oxygen atoms in total. The van der Waals surface area contributed by atoms with E-state index in [2.05, 4.69) is 4.72 Å². The minimum absolute atomic E-state index is 0.217. The van der Waals surface area contributed by atoms with E-state index in [4.69, 9.17) is 5.73 Å². The Bertz CT molecular complexity index is 518. The van der Waals surface area contributed by atoms with Crippen molar-refractivity contribution in [3.63, 3.8) is 0 Å². The average Bonchev–Trinajstić information content (AvgIpc) is 2.31. The number of rotatable bonds is 7. The Balaban J connectivity index is 2.59. The van der Waals surface area contributed by atoms with E-state index in [-0.39, 0.29) is 12.2 Å². The first-order chi connectivity index (χ1) is 8.83. The molecule has 1 aromatic carbocycles. The Hall–Kier alpha value is -1.18. The maximum Gasteiger partial charge on any atom is 0.243 e. The van der Waals surface area contributed by atoms with Crippen molar-refractivity contribution in [1.82, 2.24) is 9.62 Å². The fourth-order valence-electron chi connectivity index (χ4n) is 1.56. The third-order valence-electron chi connectivity index (χ3n) is 2.57. The van der Waals surface area contributed by atoms with Crippen LogP contribution in [-0.2, 0) is 10.0 Å². The van der Waals surface area contributed by atoms with Crippen LogP contribution in [-0.4, -0.2) is 40.5 Å². The summed E-state index contributed by atoms with van der Waals surface area (Å²) in [5.41, 5.74) is 5.69. The Morgan fingerprint density at radius 1 is 1.32 bits per heavy atom. The molecule has 3 N–H and O–H groups in total. The van der Waals surface area contributed by atoms with Crippen molar-refractivity contribution in [2.75, 3.05) is 32.9 Å². The minimum atomic E-state index is -3.83. The summed E-state index contributed by atoms with van der Waals surface area (Å²) in [7, 11) is 0.0686. The van der Waals surface area contributed by atoms with E-state index in [1.807, 2.05) is 19.0 Å². The molecule has 0 heterocycles. The molecular weight excluding hydrogens is 269 g/mol. The van der Waals surface area contributed by atoms with Crippen molar-refractivity contribution < 1.29 is 12.8 Å². The van der Waals surface area contributed by atoms with Gasteiger partial charge in [-0.2, -0.15) is 0 Å². The summed E-state index contributed by atoms with van der Waals surface area (Å²) in [6.07, 6.45) is 1.57. The molecule has 1 aromatic rings. The van der Waals surface area contributed by atoms with Gasteiger partial charge in [0.05, 0.1) is 0 Å². The minimum Gasteiger partial charge on any atom is -0.399 e. The van der Waals surface area contributed by atoms with Gasteiger partial charge in [0.25, 0.3) is 0 Å². The number of hydrogen-bond acceptors (Lipinski definition) is 4. The topological polar surface area (TPSA) is 75.4 Å². The lowest BCUT2D eigenvalue weighted by atomic mass is 10.3. The molecule has 19 heavy (non-hydrogen) atoms. The molecule has 0 unspecified atom stereocenters. The SMILES string of the molecule is CN(C)CCCCNS(=O)(=O)c1cc(N)ccc1F. The summed E-state index contributed by atoms with van der Waals surface area (Å²) >= 11 is 0. The summed E-state index contributed by atoms with van der Waals surface area (Å²) in [5, 5.41) is 0. The largest absolute Gasteiger partial charge is 0.399 e. The second-order valence-corrected chi connectivity index (χ2v) is 6.33. The van der Waals surface area contributed by atoms with Gasteiger partial charge < -0.3 is 10.6 Å². The summed E-state index contributed by atoms with van der Waals surface area (Å²) in [4.78, 5) is 1.62. The number of nitrogen functional groups attached to an aromatic ring is 1. The molecule has 0 spiro atoms. The van der Waals surface area contributed by atoms with Gasteiger partial charge in [-0.1, -0.05) is 0 Å². The molecule has 7 heteroatoms. The van der Waals surface area contributed by atoms with Crippen LogP contribution >= 0.6 is 0 Å². The standard InChI is InChI=1S/C12H20FN3O2S/c1-16(2)8-4-3-7-15-19(17,18)12-9-10(14)5-6-11(12)13/h5-6,9,15H,3-4,7-8,14H2,1-2H3. The molecule has 0 radical (unpaired) electrons. The van der Waals surface area contributed by atoms with Crippen LogP contribution in [0.3, 0.4) is 0 Å². The Morgan fingerprint density at radius 2 is 2.00 bits per heavy atom. The highest BCUT2D eigenvalue weighted by atomic mass is 32.2. The molecule has 0 saturated heterocycles. The van der Waals surface area contributed by atoms with Crippen molar-refractivity contribution >= 4 is 15.7 Å². The lowest BCUT2D eigenvalue weighted by Gasteiger charge is -2.10. The number of nitrogens with zero attached hydrogens (tertiary/aromatic N) is 1. The van der Waals surface area contributed by atoms with E-state index >= 15 is 0 Å². The van der Waals surface area contributed by atoms with Crippen LogP contribution in [0.15, 0.2) is 23.1 Å². The van der Waals surface area contributed by atoms with Gasteiger partial charge >= 0.3 is 0 Å². The first kappa shape index (κ1) is 15.9. The van der Waals surface area contributed by atoms with Crippen LogP contribution < -0.4 is 10.5 Å². The van der Waals surface area contributed by atoms with Crippen LogP contribution in [0.25, 0.3) is 0 Å². The zero-order chi connectivity index (χ0) is 14.5. The first-order valence-corrected chi connectivity index (χ1v) is 7.50. The monoisotopic (exact) mass is 289 g/mol. The van der Waals surface area contributed by atoms with Crippen LogP contribution in [0.4, 0.5) is 10.1 Å². The predicted octanol–water partition coefficient (Wildman–Crippen LogP) is 1.03. The van der Waals surface area contributed by atoms with Gasteiger partial charge in [0.2, 0.25) is 10.0 Å². The molecule has 0 amide bonds. The lowest BCUT2D eigenvalue weighted by molar-refractivity contribution is 0.394. The second kappa shape index (κ2) is 6.83. The van der Waals surface area contributed by atoms with Crippen LogP contribution in [0, 0.1) is 5.82 Å². The molecule has 0 fully saturated rings. The molecule has 0 bridgehead atoms. The highest BCUT2D eigenvalue weighted by Gasteiger charge is 2.18. The highest BCUT2D eigenvalue weighted by molar-refractivity contribution is 7.89. The Labute approximate surface area is 113 Å². The number of benzene rings is 1. The normalized spacial score (nSPS) is 12.0. The van der Waals surface area contributed by atoms with E-state index in [1.54, 1.807) is 0 Å². The fourth-order valence-corrected chi connectivity index (χ4v) is 2.75. The average molecular weight is 289 g/mol. The van der Waals surface area contributed by atoms with Gasteiger partial charge in [-0.3, -0.25) is 0 Å². The first-order valence-electron chi connectivity index (χ1n) is 6.02. The van der Waals surface area contributed by atoms with Crippen LogP contribution in [0.2, 0.25) is 0 Å². The predicted molar refractivity (Wildman–Crippen MR) is 73.8 cm³/mol. The quantitative estimate of drug-likeness (QED) is 0.580. The van der Waals surface area contributed by atoms with Crippen molar-refractivity contribution in [2.24, 2.45) is 0 Å². The van der Waals surface area contributed by atoms with Crippen molar-refractivity contribution in [1.29, 1.82) is 0 Å². The maximum absolute atomic E-state index is 13.5. The summed E-state index contributed by atoms with van der Waals surface area (Å²) in [6.45, 7) is 1.17. The molecule has 0 aromatic heterocycles. The summed E-state index contributed by atoms with van der Waals surface area (Å²) < 4.78 is 39.6. The van der Waals surface area contributed by atoms with Gasteiger partial charge in [0.1, 0.15) is 10.7 Å². The highest BCUT2D eigenvalue weighted by Crippen LogP contribution is 2.17. The zero-order valence-corrected chi connectivity index (χ0v) is 12.0. The molecule has 0 aliphatic carbocycles. The molecule has 0 aliphatic rings. The lowest BCUT2D eigenvalue weighted by Crippen LogP contribution is -2.26. The third-order valence-corrected chi connectivity index (χ3v) is 4.05. The second-order valence-electron chi connectivity index (χ2n) is 4.60. The number of nitrogens with one attached hydrogen (secondary N) is 1. The number of nitrogens with two attached hydrogens (primary N) is 1. The number of anilines is 1. The number of sulfonamides is 1. The van der Waals surface area contributed by atoms with Gasteiger partial charge in [0, 0.05) is 12.2 Å². The molecule has 0 saturated carbocycles. The molecular formula is C12H20FN3O2S. The van der Waals surface area contributed by atoms with Crippen LogP contribution in [0.1, 0.15) is 12.8 Å². The Morgan fingerprint density at radius 3 is 2.63 bits per heavy atom. The summed E-state index contributed by atoms with van der Waals surface area (Å²) in [6, 6.07) is 3.50. The molecule has 0 aliphatic heterocycles. The Kier molecular flexibility index (Phi) is 5.71. The third kappa shape index (κ3) is 5.14. The maximum atomic E-state index is 13.5. The van der Waals surface area contributed by atoms with E-state index in [1.165, 1.54) is 6.07 Å². The summed E-state index contributed by atoms with van der Waals surface area (Å²) in [5.74, 6) is -0.796. The zero-order valence-electron chi connectivity index (χ0n) is 11.2. The van der Waals surface area contributed by atoms with Crippen molar-refractivity contribution in [3.8, 4) is 0 Å². The van der Waals surface area contributed by atoms with Gasteiger partial charge in [-0.05, 0) is 51.7 Å². The fraction of sp³-hybridized carbons (Fsp3) is 0.500. The number of unbranched alkanes of at least 4 members (excludes halogenated alkanes) is 1. The molecule has 1 rings (SSSR count). The van der Waals surface area contributed by atoms with E-state index in [0.29, 0.717) is 6.42 Å². The van der Waals surface area contributed by atoms with E-state index < -0.39 is 20.7 Å². The number of hydrogen-bond donors (Lipinski definition) is 2. The van der Waals surface area contributed by atoms with E-state index in [0.717, 1.165) is 25.1 Å². The van der Waals surface area contributed by atoms with Gasteiger partial charge in [-0.15, -0.1) is 0 Å². The van der Waals surface area contributed by atoms with Crippen molar-refractivity contribution in [3.05, 3.63) is 24.0 Å². The van der Waals surface area contributed by atoms with Crippen LogP contribution in [0.5, 0.6) is 0 Å². The van der Waals surface area contributed by atoms with Gasteiger partial charge in [-0.25, -0.2) is 17.5 Å².